The number of amides is 1. The number of hydrogen-bond acceptors (Lipinski definition) is 3. The molecule has 0 aromatic carbocycles. The van der Waals surface area contributed by atoms with Gasteiger partial charge in [0.15, 0.2) is 0 Å². The molecule has 3 N–H and O–H groups in total. The first kappa shape index (κ1) is 13.4. The molecule has 0 aromatic rings. The number of hydrogen-bond donors (Lipinski definition) is 2. The zero-order valence-corrected chi connectivity index (χ0v) is 9.65. The van der Waals surface area contributed by atoms with Gasteiger partial charge in [-0.3, -0.25) is 5.14 Å². The molecule has 0 aromatic heterocycles. The van der Waals surface area contributed by atoms with Crippen molar-refractivity contribution < 1.29 is 13.7 Å². The van der Waals surface area contributed by atoms with Gasteiger partial charge in [-0.2, -0.15) is 0 Å². The van der Waals surface area contributed by atoms with Crippen molar-refractivity contribution in [2.45, 2.75) is 32.8 Å². The SMILES string of the molecule is CC(C)(C)OC(=O)NCCCS(N)=O. The third kappa shape index (κ3) is 9.47. The van der Waals surface area contributed by atoms with E-state index in [9.17, 15) is 9.00 Å². The number of nitrogens with one attached hydrogen (secondary N) is 1. The molecule has 1 atom stereocenters. The number of rotatable bonds is 4. The Bertz CT molecular complexity index is 213. The van der Waals surface area contributed by atoms with Crippen molar-refractivity contribution in [3.63, 3.8) is 0 Å². The van der Waals surface area contributed by atoms with Crippen LogP contribution in [0.4, 0.5) is 4.79 Å². The third-order valence-electron chi connectivity index (χ3n) is 1.19. The van der Waals surface area contributed by atoms with Gasteiger partial charge in [0, 0.05) is 12.3 Å². The zero-order valence-electron chi connectivity index (χ0n) is 8.83. The van der Waals surface area contributed by atoms with Crippen LogP contribution in [0.25, 0.3) is 0 Å². The number of ether oxygens (including phenoxy) is 1. The lowest BCUT2D eigenvalue weighted by Gasteiger charge is -2.19. The minimum Gasteiger partial charge on any atom is -0.444 e. The second kappa shape index (κ2) is 5.98. The summed E-state index contributed by atoms with van der Waals surface area (Å²) in [5.74, 6) is 0.385. The Labute approximate surface area is 87.0 Å². The Morgan fingerprint density at radius 1 is 1.50 bits per heavy atom. The summed E-state index contributed by atoms with van der Waals surface area (Å²) >= 11 is 0. The number of nitrogens with two attached hydrogens (primary N) is 1. The Morgan fingerprint density at radius 3 is 2.50 bits per heavy atom. The van der Waals surface area contributed by atoms with Crippen molar-refractivity contribution in [2.24, 2.45) is 5.14 Å². The van der Waals surface area contributed by atoms with Gasteiger partial charge in [0.25, 0.3) is 0 Å². The van der Waals surface area contributed by atoms with E-state index in [1.165, 1.54) is 0 Å². The van der Waals surface area contributed by atoms with Crippen LogP contribution >= 0.6 is 0 Å². The molecule has 5 nitrogen and oxygen atoms in total. The lowest BCUT2D eigenvalue weighted by Crippen LogP contribution is -2.33. The fourth-order valence-electron chi connectivity index (χ4n) is 0.719. The van der Waals surface area contributed by atoms with Crippen LogP contribution in [0, 0.1) is 0 Å². The maximum atomic E-state index is 11.1. The van der Waals surface area contributed by atoms with Gasteiger partial charge in [-0.25, -0.2) is 9.00 Å². The first-order chi connectivity index (χ1) is 6.31. The van der Waals surface area contributed by atoms with E-state index in [-0.39, 0.29) is 0 Å². The van der Waals surface area contributed by atoms with Crippen LogP contribution in [-0.4, -0.2) is 28.2 Å². The summed E-state index contributed by atoms with van der Waals surface area (Å²) in [7, 11) is -1.29. The largest absolute Gasteiger partial charge is 0.444 e. The molecular weight excluding hydrogens is 204 g/mol. The lowest BCUT2D eigenvalue weighted by molar-refractivity contribution is 0.0528. The molecule has 14 heavy (non-hydrogen) atoms. The Hall–Kier alpha value is -0.620. The summed E-state index contributed by atoms with van der Waals surface area (Å²) in [6.07, 6.45) is 0.128. The summed E-state index contributed by atoms with van der Waals surface area (Å²) in [6.45, 7) is 5.81. The molecule has 0 aliphatic heterocycles. The maximum Gasteiger partial charge on any atom is 0.407 e. The molecule has 0 aliphatic carbocycles. The van der Waals surface area contributed by atoms with Crippen LogP contribution in [-0.2, 0) is 15.7 Å². The monoisotopic (exact) mass is 222 g/mol. The molecule has 0 spiro atoms. The molecular formula is C8H18N2O3S. The van der Waals surface area contributed by atoms with Gasteiger partial charge in [-0.1, -0.05) is 0 Å². The average molecular weight is 222 g/mol. The molecule has 1 amide bonds. The number of alkyl carbamates (subject to hydrolysis) is 1. The zero-order chi connectivity index (χ0) is 11.2. The minimum absolute atomic E-state index is 0.385. The molecule has 0 bridgehead atoms. The first-order valence-electron chi connectivity index (χ1n) is 4.41. The van der Waals surface area contributed by atoms with Gasteiger partial charge in [0.1, 0.15) is 5.60 Å². The molecule has 0 heterocycles. The van der Waals surface area contributed by atoms with Crippen molar-refractivity contribution in [2.75, 3.05) is 12.3 Å². The van der Waals surface area contributed by atoms with Gasteiger partial charge in [-0.15, -0.1) is 0 Å². The summed E-state index contributed by atoms with van der Waals surface area (Å²) in [5.41, 5.74) is -0.485. The molecule has 0 rings (SSSR count). The fraction of sp³-hybridized carbons (Fsp3) is 0.875. The van der Waals surface area contributed by atoms with Crippen LogP contribution in [0.15, 0.2) is 0 Å². The van der Waals surface area contributed by atoms with Crippen LogP contribution in [0.3, 0.4) is 0 Å². The molecule has 0 saturated carbocycles. The molecule has 0 radical (unpaired) electrons. The van der Waals surface area contributed by atoms with Crippen molar-refractivity contribution in [3.05, 3.63) is 0 Å². The van der Waals surface area contributed by atoms with E-state index < -0.39 is 22.7 Å². The van der Waals surface area contributed by atoms with Crippen LogP contribution in [0.5, 0.6) is 0 Å². The minimum atomic E-state index is -1.29. The summed E-state index contributed by atoms with van der Waals surface area (Å²) in [6, 6.07) is 0. The fourth-order valence-corrected chi connectivity index (χ4v) is 1.15. The van der Waals surface area contributed by atoms with Gasteiger partial charge in [-0.05, 0) is 27.2 Å². The van der Waals surface area contributed by atoms with E-state index in [0.29, 0.717) is 18.7 Å². The third-order valence-corrected chi connectivity index (χ3v) is 1.88. The van der Waals surface area contributed by atoms with E-state index in [4.69, 9.17) is 9.88 Å². The van der Waals surface area contributed by atoms with E-state index in [0.717, 1.165) is 0 Å². The van der Waals surface area contributed by atoms with Crippen LogP contribution in [0.2, 0.25) is 0 Å². The highest BCUT2D eigenvalue weighted by atomic mass is 32.2. The Morgan fingerprint density at radius 2 is 2.07 bits per heavy atom. The second-order valence-corrected chi connectivity index (χ2v) is 5.04. The Balaban J connectivity index is 3.50. The summed E-state index contributed by atoms with van der Waals surface area (Å²) in [4.78, 5) is 11.1. The van der Waals surface area contributed by atoms with Crippen molar-refractivity contribution in [1.82, 2.24) is 5.32 Å². The second-order valence-electron chi connectivity index (χ2n) is 3.87. The van der Waals surface area contributed by atoms with E-state index in [2.05, 4.69) is 5.32 Å². The van der Waals surface area contributed by atoms with Crippen LogP contribution < -0.4 is 10.5 Å². The highest BCUT2D eigenvalue weighted by Gasteiger charge is 2.15. The van der Waals surface area contributed by atoms with Crippen LogP contribution in [0.1, 0.15) is 27.2 Å². The standard InChI is InChI=1S/C8H18N2O3S/c1-8(2,3)13-7(11)10-5-4-6-14(9)12/h4-6,9H2,1-3H3,(H,10,11). The highest BCUT2D eigenvalue weighted by molar-refractivity contribution is 7.82. The smallest absolute Gasteiger partial charge is 0.407 e. The predicted molar refractivity (Wildman–Crippen MR) is 56.1 cm³/mol. The maximum absolute atomic E-state index is 11.1. The van der Waals surface area contributed by atoms with E-state index >= 15 is 0 Å². The molecule has 84 valence electrons. The molecule has 0 fully saturated rings. The molecule has 0 saturated heterocycles. The topological polar surface area (TPSA) is 81.4 Å². The molecule has 0 aliphatic rings. The normalized spacial score (nSPS) is 13.4. The Kier molecular flexibility index (Phi) is 5.71. The first-order valence-corrected chi connectivity index (χ1v) is 5.79. The molecule has 1 unspecified atom stereocenters. The lowest BCUT2D eigenvalue weighted by atomic mass is 10.2. The quantitative estimate of drug-likeness (QED) is 0.680. The summed E-state index contributed by atoms with van der Waals surface area (Å²) < 4.78 is 15.4. The van der Waals surface area contributed by atoms with Gasteiger partial charge in [0.2, 0.25) is 0 Å². The van der Waals surface area contributed by atoms with E-state index in [1.807, 2.05) is 0 Å². The summed E-state index contributed by atoms with van der Waals surface area (Å²) in [5, 5.41) is 7.58. The van der Waals surface area contributed by atoms with Crippen molar-refractivity contribution in [1.29, 1.82) is 0 Å². The van der Waals surface area contributed by atoms with Gasteiger partial charge in [0.05, 0.1) is 11.0 Å². The number of carbonyl (C=O) groups is 1. The predicted octanol–water partition coefficient (Wildman–Crippen LogP) is 0.524. The average Bonchev–Trinajstić information content (AvgIpc) is 1.94. The van der Waals surface area contributed by atoms with Crippen molar-refractivity contribution >= 4 is 17.1 Å². The van der Waals surface area contributed by atoms with E-state index in [1.54, 1.807) is 20.8 Å². The number of carbonyl (C=O) groups excluding carboxylic acids is 1. The molecule has 6 heteroatoms. The van der Waals surface area contributed by atoms with Gasteiger partial charge < -0.3 is 10.1 Å². The van der Waals surface area contributed by atoms with Crippen molar-refractivity contribution in [3.8, 4) is 0 Å². The highest BCUT2D eigenvalue weighted by Crippen LogP contribution is 2.06. The van der Waals surface area contributed by atoms with Gasteiger partial charge >= 0.3 is 6.09 Å².